The fourth-order valence-corrected chi connectivity index (χ4v) is 1.10. The Morgan fingerprint density at radius 2 is 2.33 bits per heavy atom. The Kier molecular flexibility index (Phi) is 2.29. The fourth-order valence-electron chi connectivity index (χ4n) is 1.10. The van der Waals surface area contributed by atoms with Crippen molar-refractivity contribution in [1.82, 2.24) is 0 Å². The lowest BCUT2D eigenvalue weighted by Crippen LogP contribution is -2.34. The molecule has 0 aromatic heterocycles. The predicted molar refractivity (Wildman–Crippen MR) is 46.1 cm³/mol. The first kappa shape index (κ1) is 8.54. The second-order valence-electron chi connectivity index (χ2n) is 2.55. The molecule has 1 rings (SSSR count). The minimum absolute atomic E-state index is 0.344. The number of nitrogens with zero attached hydrogens (tertiary/aromatic N) is 1. The molecule has 0 radical (unpaired) electrons. The molecule has 3 nitrogen and oxygen atoms in total. The van der Waals surface area contributed by atoms with Gasteiger partial charge in [0.1, 0.15) is 0 Å². The molecule has 1 atom stereocenters. The van der Waals surface area contributed by atoms with Gasteiger partial charge >= 0.3 is 5.54 Å². The van der Waals surface area contributed by atoms with Gasteiger partial charge in [0.2, 0.25) is 0 Å². The third-order valence-electron chi connectivity index (χ3n) is 1.72. The molecule has 1 unspecified atom stereocenters. The molecule has 0 heterocycles. The fraction of sp³-hybridized carbons (Fsp3) is 0.333. The van der Waals surface area contributed by atoms with Gasteiger partial charge < -0.3 is 0 Å². The summed E-state index contributed by atoms with van der Waals surface area (Å²) in [6.45, 7) is 1.61. The third-order valence-corrected chi connectivity index (χ3v) is 1.72. The molecule has 0 aliphatic heterocycles. The van der Waals surface area contributed by atoms with Gasteiger partial charge in [0.15, 0.2) is 0 Å². The summed E-state index contributed by atoms with van der Waals surface area (Å²) in [4.78, 5) is 10.3. The minimum atomic E-state index is -1.18. The zero-order chi connectivity index (χ0) is 9.03. The first-order valence-electron chi connectivity index (χ1n) is 3.64. The third kappa shape index (κ3) is 1.37. The molecule has 0 bridgehead atoms. The van der Waals surface area contributed by atoms with E-state index in [4.69, 9.17) is 0 Å². The SMILES string of the molecule is CC#CC1([N+](=O)[O-])C=CC=CC1. The quantitative estimate of drug-likeness (QED) is 0.334. The number of rotatable bonds is 1. The van der Waals surface area contributed by atoms with E-state index in [0.29, 0.717) is 6.42 Å². The van der Waals surface area contributed by atoms with Crippen molar-refractivity contribution < 1.29 is 4.92 Å². The normalized spacial score (nSPS) is 26.1. The largest absolute Gasteiger partial charge is 0.303 e. The number of hydrogen-bond donors (Lipinski definition) is 0. The van der Waals surface area contributed by atoms with Gasteiger partial charge in [-0.05, 0) is 12.8 Å². The van der Waals surface area contributed by atoms with Gasteiger partial charge in [0.25, 0.3) is 0 Å². The zero-order valence-corrected chi connectivity index (χ0v) is 6.78. The van der Waals surface area contributed by atoms with Crippen molar-refractivity contribution in [2.24, 2.45) is 0 Å². The van der Waals surface area contributed by atoms with Crippen molar-refractivity contribution in [1.29, 1.82) is 0 Å². The Morgan fingerprint density at radius 1 is 1.58 bits per heavy atom. The molecule has 1 aliphatic carbocycles. The van der Waals surface area contributed by atoms with Crippen molar-refractivity contribution in [2.45, 2.75) is 18.9 Å². The van der Waals surface area contributed by atoms with Crippen LogP contribution in [0.5, 0.6) is 0 Å². The topological polar surface area (TPSA) is 43.1 Å². The summed E-state index contributed by atoms with van der Waals surface area (Å²) in [5, 5.41) is 10.7. The predicted octanol–water partition coefficient (Wildman–Crippen LogP) is 1.54. The van der Waals surface area contributed by atoms with Crippen LogP contribution in [0.4, 0.5) is 0 Å². The first-order chi connectivity index (χ1) is 5.71. The lowest BCUT2D eigenvalue weighted by Gasteiger charge is -2.15. The van der Waals surface area contributed by atoms with Gasteiger partial charge in [0, 0.05) is 11.0 Å². The molecule has 0 aromatic carbocycles. The van der Waals surface area contributed by atoms with Crippen LogP contribution in [0.1, 0.15) is 13.3 Å². The summed E-state index contributed by atoms with van der Waals surface area (Å²) in [6, 6.07) is 0. The van der Waals surface area contributed by atoms with E-state index in [2.05, 4.69) is 11.8 Å². The van der Waals surface area contributed by atoms with Crippen LogP contribution in [-0.4, -0.2) is 10.5 Å². The summed E-state index contributed by atoms with van der Waals surface area (Å²) in [5.74, 6) is 5.19. The summed E-state index contributed by atoms with van der Waals surface area (Å²) < 4.78 is 0. The molecular weight excluding hydrogens is 154 g/mol. The number of hydrogen-bond acceptors (Lipinski definition) is 2. The Balaban J connectivity index is 3.01. The number of nitro groups is 1. The molecule has 0 saturated carbocycles. The monoisotopic (exact) mass is 163 g/mol. The van der Waals surface area contributed by atoms with Gasteiger partial charge in [-0.2, -0.15) is 0 Å². The molecule has 0 amide bonds. The van der Waals surface area contributed by atoms with E-state index in [1.54, 1.807) is 25.2 Å². The Bertz CT molecular complexity index is 306. The van der Waals surface area contributed by atoms with E-state index in [1.807, 2.05) is 0 Å². The average Bonchev–Trinajstić information content (AvgIpc) is 2.06. The standard InChI is InChI=1S/C9H9NO2/c1-2-6-9(10(11)12)7-4-3-5-8-9/h3-5,7H,8H2,1H3. The van der Waals surface area contributed by atoms with Crippen molar-refractivity contribution in [3.8, 4) is 11.8 Å². The molecule has 0 saturated heterocycles. The maximum Gasteiger partial charge on any atom is 0.303 e. The van der Waals surface area contributed by atoms with Gasteiger partial charge in [-0.3, -0.25) is 10.1 Å². The highest BCUT2D eigenvalue weighted by atomic mass is 16.6. The molecule has 62 valence electrons. The minimum Gasteiger partial charge on any atom is -0.263 e. The molecule has 0 aromatic rings. The zero-order valence-electron chi connectivity index (χ0n) is 6.78. The molecular formula is C9H9NO2. The number of allylic oxidation sites excluding steroid dienone is 2. The van der Waals surface area contributed by atoms with Crippen molar-refractivity contribution in [3.63, 3.8) is 0 Å². The smallest absolute Gasteiger partial charge is 0.263 e. The van der Waals surface area contributed by atoms with Crippen LogP contribution in [0.25, 0.3) is 0 Å². The van der Waals surface area contributed by atoms with Crippen molar-refractivity contribution in [2.75, 3.05) is 0 Å². The van der Waals surface area contributed by atoms with E-state index in [9.17, 15) is 10.1 Å². The summed E-state index contributed by atoms with van der Waals surface area (Å²) >= 11 is 0. The molecule has 0 spiro atoms. The van der Waals surface area contributed by atoms with E-state index < -0.39 is 5.54 Å². The molecule has 12 heavy (non-hydrogen) atoms. The molecule has 0 N–H and O–H groups in total. The van der Waals surface area contributed by atoms with E-state index in [1.165, 1.54) is 6.08 Å². The maximum atomic E-state index is 10.7. The van der Waals surface area contributed by atoms with Gasteiger partial charge in [-0.25, -0.2) is 0 Å². The van der Waals surface area contributed by atoms with Gasteiger partial charge in [-0.15, -0.1) is 0 Å². The first-order valence-corrected chi connectivity index (χ1v) is 3.64. The highest BCUT2D eigenvalue weighted by Gasteiger charge is 2.37. The van der Waals surface area contributed by atoms with Crippen LogP contribution in [0.15, 0.2) is 24.3 Å². The lowest BCUT2D eigenvalue weighted by molar-refractivity contribution is -0.536. The van der Waals surface area contributed by atoms with E-state index >= 15 is 0 Å². The molecule has 0 fully saturated rings. The van der Waals surface area contributed by atoms with E-state index in [0.717, 1.165) is 0 Å². The van der Waals surface area contributed by atoms with Crippen LogP contribution in [0, 0.1) is 22.0 Å². The Hall–Kier alpha value is -1.56. The second-order valence-corrected chi connectivity index (χ2v) is 2.55. The Morgan fingerprint density at radius 3 is 2.75 bits per heavy atom. The van der Waals surface area contributed by atoms with Crippen LogP contribution in [-0.2, 0) is 0 Å². The average molecular weight is 163 g/mol. The highest BCUT2D eigenvalue weighted by molar-refractivity contribution is 5.29. The summed E-state index contributed by atoms with van der Waals surface area (Å²) in [5.41, 5.74) is -1.18. The van der Waals surface area contributed by atoms with Crippen LogP contribution < -0.4 is 0 Å². The van der Waals surface area contributed by atoms with Gasteiger partial charge in [-0.1, -0.05) is 24.1 Å². The highest BCUT2D eigenvalue weighted by Crippen LogP contribution is 2.20. The summed E-state index contributed by atoms with van der Waals surface area (Å²) in [6.07, 6.45) is 7.10. The molecule has 3 heteroatoms. The van der Waals surface area contributed by atoms with Crippen LogP contribution in [0.3, 0.4) is 0 Å². The Labute approximate surface area is 70.9 Å². The second kappa shape index (κ2) is 3.22. The molecule has 1 aliphatic rings. The van der Waals surface area contributed by atoms with Gasteiger partial charge in [0.05, 0.1) is 6.42 Å². The summed E-state index contributed by atoms with van der Waals surface area (Å²) in [7, 11) is 0. The van der Waals surface area contributed by atoms with Crippen molar-refractivity contribution >= 4 is 0 Å². The van der Waals surface area contributed by atoms with Crippen LogP contribution in [0.2, 0.25) is 0 Å². The van der Waals surface area contributed by atoms with E-state index in [-0.39, 0.29) is 4.92 Å². The van der Waals surface area contributed by atoms with Crippen molar-refractivity contribution in [3.05, 3.63) is 34.4 Å². The lowest BCUT2D eigenvalue weighted by atomic mass is 9.93. The van der Waals surface area contributed by atoms with Crippen LogP contribution >= 0.6 is 0 Å². The maximum absolute atomic E-state index is 10.7.